The zero-order chi connectivity index (χ0) is 11.5. The van der Waals surface area contributed by atoms with Gasteiger partial charge in [0.05, 0.1) is 6.20 Å². The lowest BCUT2D eigenvalue weighted by atomic mass is 10.5. The topological polar surface area (TPSA) is 69.9 Å². The van der Waals surface area contributed by atoms with Gasteiger partial charge in [0.1, 0.15) is 11.8 Å². The highest BCUT2D eigenvalue weighted by molar-refractivity contribution is 6.20. The molecule has 0 amide bonds. The Labute approximate surface area is 96.2 Å². The number of carbonyl (C=O) groups is 1. The zero-order valence-electron chi connectivity index (χ0n) is 8.50. The quantitative estimate of drug-likeness (QED) is 0.594. The van der Waals surface area contributed by atoms with Gasteiger partial charge in [-0.25, -0.2) is 15.0 Å². The van der Waals surface area contributed by atoms with Crippen LogP contribution < -0.4 is 0 Å². The molecule has 0 fully saturated rings. The van der Waals surface area contributed by atoms with Crippen molar-refractivity contribution >= 4 is 29.2 Å². The van der Waals surface area contributed by atoms with E-state index in [9.17, 15) is 4.79 Å². The molecule has 1 atom stereocenters. The summed E-state index contributed by atoms with van der Waals surface area (Å²) in [6.45, 7) is 2.86. The number of hydrogen-bond acceptors (Lipinski definition) is 5. The number of aryl methyl sites for hydroxylation is 1. The van der Waals surface area contributed by atoms with Gasteiger partial charge in [-0.15, -0.1) is 0 Å². The first-order chi connectivity index (χ1) is 7.77. The van der Waals surface area contributed by atoms with Crippen molar-refractivity contribution in [1.29, 1.82) is 0 Å². The second-order valence-corrected chi connectivity index (χ2v) is 3.39. The standard InChI is InChI=1S/C9H9ClN4O2/c1-2-14-8-6(3-11-4-12-8)13-9(14)7(10)16-5-15/h3-5,7H,2H2,1H3. The first-order valence-corrected chi connectivity index (χ1v) is 5.11. The minimum atomic E-state index is -0.911. The summed E-state index contributed by atoms with van der Waals surface area (Å²) in [6.07, 6.45) is 3.02. The van der Waals surface area contributed by atoms with Crippen LogP contribution in [0.5, 0.6) is 0 Å². The predicted molar refractivity (Wildman–Crippen MR) is 56.7 cm³/mol. The molecule has 0 bridgehead atoms. The van der Waals surface area contributed by atoms with Crippen molar-refractivity contribution in [2.45, 2.75) is 19.0 Å². The fraction of sp³-hybridized carbons (Fsp3) is 0.333. The highest BCUT2D eigenvalue weighted by atomic mass is 35.5. The molecule has 0 radical (unpaired) electrons. The van der Waals surface area contributed by atoms with Crippen LogP contribution in [0.4, 0.5) is 0 Å². The molecule has 0 aliphatic carbocycles. The van der Waals surface area contributed by atoms with Crippen LogP contribution in [0.15, 0.2) is 12.5 Å². The van der Waals surface area contributed by atoms with Crippen molar-refractivity contribution in [3.05, 3.63) is 18.3 Å². The lowest BCUT2D eigenvalue weighted by Gasteiger charge is -2.08. The van der Waals surface area contributed by atoms with Gasteiger partial charge < -0.3 is 9.30 Å². The van der Waals surface area contributed by atoms with Crippen LogP contribution in [0.25, 0.3) is 11.2 Å². The number of fused-ring (bicyclic) bond motifs is 1. The first-order valence-electron chi connectivity index (χ1n) is 4.67. The SMILES string of the molecule is CCn1c(C(Cl)OC=O)nc2cncnc21. The predicted octanol–water partition coefficient (Wildman–Crippen LogP) is 1.26. The molecule has 1 unspecified atom stereocenters. The summed E-state index contributed by atoms with van der Waals surface area (Å²) in [6, 6.07) is 0. The monoisotopic (exact) mass is 240 g/mol. The van der Waals surface area contributed by atoms with Crippen molar-refractivity contribution in [3.8, 4) is 0 Å². The summed E-state index contributed by atoms with van der Waals surface area (Å²) in [7, 11) is 0. The molecule has 0 saturated carbocycles. The van der Waals surface area contributed by atoms with Gasteiger partial charge in [0, 0.05) is 6.54 Å². The van der Waals surface area contributed by atoms with Gasteiger partial charge in [-0.3, -0.25) is 4.79 Å². The molecular formula is C9H9ClN4O2. The number of alkyl halides is 1. The molecule has 0 aliphatic rings. The fourth-order valence-corrected chi connectivity index (χ4v) is 1.70. The largest absolute Gasteiger partial charge is 0.440 e. The van der Waals surface area contributed by atoms with Crippen LogP contribution in [0, 0.1) is 0 Å². The Morgan fingerprint density at radius 1 is 1.69 bits per heavy atom. The van der Waals surface area contributed by atoms with Crippen molar-refractivity contribution in [3.63, 3.8) is 0 Å². The second-order valence-electron chi connectivity index (χ2n) is 2.99. The van der Waals surface area contributed by atoms with Crippen LogP contribution in [-0.4, -0.2) is 26.0 Å². The van der Waals surface area contributed by atoms with E-state index in [0.29, 0.717) is 30.0 Å². The number of ether oxygens (including phenoxy) is 1. The van der Waals surface area contributed by atoms with Crippen molar-refractivity contribution in [2.75, 3.05) is 0 Å². The Balaban J connectivity index is 2.55. The van der Waals surface area contributed by atoms with E-state index in [4.69, 9.17) is 11.6 Å². The summed E-state index contributed by atoms with van der Waals surface area (Å²) in [5.41, 5.74) is 0.388. The van der Waals surface area contributed by atoms with Gasteiger partial charge in [-0.1, -0.05) is 11.6 Å². The van der Waals surface area contributed by atoms with E-state index >= 15 is 0 Å². The average molecular weight is 241 g/mol. The van der Waals surface area contributed by atoms with Crippen molar-refractivity contribution < 1.29 is 9.53 Å². The number of nitrogens with zero attached hydrogens (tertiary/aromatic N) is 4. The summed E-state index contributed by atoms with van der Waals surface area (Å²) in [4.78, 5) is 22.4. The number of rotatable bonds is 4. The molecule has 0 spiro atoms. The van der Waals surface area contributed by atoms with E-state index in [1.54, 1.807) is 10.8 Å². The van der Waals surface area contributed by atoms with Gasteiger partial charge >= 0.3 is 0 Å². The van der Waals surface area contributed by atoms with Gasteiger partial charge in [0.15, 0.2) is 11.5 Å². The number of halogens is 1. The molecule has 2 aromatic rings. The second kappa shape index (κ2) is 4.44. The smallest absolute Gasteiger partial charge is 0.294 e. The molecule has 6 nitrogen and oxygen atoms in total. The highest BCUT2D eigenvalue weighted by Gasteiger charge is 2.18. The van der Waals surface area contributed by atoms with Crippen LogP contribution in [0.3, 0.4) is 0 Å². The van der Waals surface area contributed by atoms with Crippen LogP contribution in [0.2, 0.25) is 0 Å². The Morgan fingerprint density at radius 2 is 2.50 bits per heavy atom. The maximum atomic E-state index is 10.2. The van der Waals surface area contributed by atoms with Gasteiger partial charge in [-0.05, 0) is 6.92 Å². The third-order valence-electron chi connectivity index (χ3n) is 2.13. The number of hydrogen-bond donors (Lipinski definition) is 0. The summed E-state index contributed by atoms with van der Waals surface area (Å²) in [5.74, 6) is 0.451. The van der Waals surface area contributed by atoms with Crippen molar-refractivity contribution in [1.82, 2.24) is 19.5 Å². The molecule has 16 heavy (non-hydrogen) atoms. The van der Waals surface area contributed by atoms with E-state index in [1.807, 2.05) is 6.92 Å². The molecule has 2 rings (SSSR count). The average Bonchev–Trinajstić information content (AvgIpc) is 2.67. The maximum absolute atomic E-state index is 10.2. The molecule has 84 valence electrons. The Hall–Kier alpha value is -1.69. The normalized spacial score (nSPS) is 12.6. The van der Waals surface area contributed by atoms with E-state index < -0.39 is 5.56 Å². The van der Waals surface area contributed by atoms with E-state index in [1.165, 1.54) is 6.33 Å². The van der Waals surface area contributed by atoms with Crippen LogP contribution >= 0.6 is 11.6 Å². The molecule has 0 aliphatic heterocycles. The molecule has 2 heterocycles. The minimum Gasteiger partial charge on any atom is -0.440 e. The van der Waals surface area contributed by atoms with Gasteiger partial charge in [-0.2, -0.15) is 0 Å². The van der Waals surface area contributed by atoms with Crippen LogP contribution in [-0.2, 0) is 16.1 Å². The molecule has 2 aromatic heterocycles. The third kappa shape index (κ3) is 1.71. The van der Waals surface area contributed by atoms with E-state index in [-0.39, 0.29) is 0 Å². The Kier molecular flexibility index (Phi) is 3.00. The Bertz CT molecular complexity index is 513. The lowest BCUT2D eigenvalue weighted by Crippen LogP contribution is -2.07. The minimum absolute atomic E-state index is 0.294. The molecule has 7 heteroatoms. The van der Waals surface area contributed by atoms with E-state index in [0.717, 1.165) is 0 Å². The third-order valence-corrected chi connectivity index (χ3v) is 2.43. The van der Waals surface area contributed by atoms with E-state index in [2.05, 4.69) is 19.7 Å². The molecule has 0 aromatic carbocycles. The fourth-order valence-electron chi connectivity index (χ4n) is 1.49. The summed E-state index contributed by atoms with van der Waals surface area (Å²) >= 11 is 5.88. The molecule has 0 N–H and O–H groups in total. The Morgan fingerprint density at radius 3 is 3.19 bits per heavy atom. The van der Waals surface area contributed by atoms with Gasteiger partial charge in [0.2, 0.25) is 5.56 Å². The summed E-state index contributed by atoms with van der Waals surface area (Å²) in [5, 5.41) is 0. The number of imidazole rings is 1. The number of aromatic nitrogens is 4. The lowest BCUT2D eigenvalue weighted by molar-refractivity contribution is -0.130. The summed E-state index contributed by atoms with van der Waals surface area (Å²) < 4.78 is 6.43. The highest BCUT2D eigenvalue weighted by Crippen LogP contribution is 2.23. The number of carbonyl (C=O) groups excluding carboxylic acids is 1. The zero-order valence-corrected chi connectivity index (χ0v) is 9.26. The van der Waals surface area contributed by atoms with Gasteiger partial charge in [0.25, 0.3) is 6.47 Å². The molecular weight excluding hydrogens is 232 g/mol. The first kappa shape index (κ1) is 10.8. The molecule has 0 saturated heterocycles. The van der Waals surface area contributed by atoms with Crippen LogP contribution in [0.1, 0.15) is 18.3 Å². The van der Waals surface area contributed by atoms with Crippen molar-refractivity contribution in [2.24, 2.45) is 0 Å². The maximum Gasteiger partial charge on any atom is 0.294 e.